The molecule has 0 radical (unpaired) electrons. The maximum absolute atomic E-state index is 9.59. The zero-order valence-electron chi connectivity index (χ0n) is 13.2. The van der Waals surface area contributed by atoms with Crippen LogP contribution in [0.3, 0.4) is 0 Å². The van der Waals surface area contributed by atoms with Crippen molar-refractivity contribution in [3.63, 3.8) is 0 Å². The van der Waals surface area contributed by atoms with Crippen LogP contribution >= 0.6 is 11.6 Å². The first kappa shape index (κ1) is 16.6. The fourth-order valence-corrected chi connectivity index (χ4v) is 2.76. The predicted octanol–water partition coefficient (Wildman–Crippen LogP) is 3.16. The summed E-state index contributed by atoms with van der Waals surface area (Å²) >= 11 is 6.25. The Kier molecular flexibility index (Phi) is 4.94. The molecule has 0 unspecified atom stereocenters. The lowest BCUT2D eigenvalue weighted by Gasteiger charge is -2.15. The fourth-order valence-electron chi connectivity index (χ4n) is 2.56. The first-order valence-electron chi connectivity index (χ1n) is 7.50. The molecule has 3 rings (SSSR count). The molecule has 0 amide bonds. The van der Waals surface area contributed by atoms with Crippen LogP contribution in [-0.4, -0.2) is 20.2 Å². The fraction of sp³-hybridized carbons (Fsp3) is 0.222. The number of aryl methyl sites for hydroxylation is 1. The molecule has 0 aliphatic carbocycles. The monoisotopic (exact) mass is 344 g/mol. The highest BCUT2D eigenvalue weighted by molar-refractivity contribution is 6.30. The molecule has 6 heteroatoms. The number of hydrogen-bond acceptors (Lipinski definition) is 5. The Bertz CT molecular complexity index is 884. The average Bonchev–Trinajstić information content (AvgIpc) is 2.60. The summed E-state index contributed by atoms with van der Waals surface area (Å²) in [6, 6.07) is 9.63. The van der Waals surface area contributed by atoms with Gasteiger partial charge in [-0.25, -0.2) is 4.98 Å². The molecule has 1 aromatic carbocycles. The molecule has 0 aliphatic rings. The normalized spacial score (nSPS) is 11.0. The molecular formula is C18H17ClN2O3. The third-order valence-corrected chi connectivity index (χ3v) is 4.18. The average molecular weight is 345 g/mol. The van der Waals surface area contributed by atoms with Crippen molar-refractivity contribution in [2.24, 2.45) is 0 Å². The van der Waals surface area contributed by atoms with Crippen LogP contribution in [0.4, 0.5) is 0 Å². The van der Waals surface area contributed by atoms with Crippen LogP contribution in [0.15, 0.2) is 36.5 Å². The molecule has 2 heterocycles. The standard InChI is InChI=1S/C18H17ClN2O3/c1-11-17(15(9-23)14(8-22)7-20-11)24-10-13-6-12-4-2-3-5-16(12)21-18(13)19/h2-7,22-23H,8-10H2,1H3. The third-order valence-electron chi connectivity index (χ3n) is 3.85. The lowest BCUT2D eigenvalue weighted by Crippen LogP contribution is -2.06. The second-order valence-electron chi connectivity index (χ2n) is 5.41. The van der Waals surface area contributed by atoms with Gasteiger partial charge in [-0.05, 0) is 19.1 Å². The van der Waals surface area contributed by atoms with Crippen molar-refractivity contribution < 1.29 is 14.9 Å². The van der Waals surface area contributed by atoms with Crippen molar-refractivity contribution in [2.45, 2.75) is 26.7 Å². The van der Waals surface area contributed by atoms with Crippen molar-refractivity contribution in [3.8, 4) is 5.75 Å². The molecular weight excluding hydrogens is 328 g/mol. The second-order valence-corrected chi connectivity index (χ2v) is 5.77. The number of aliphatic hydroxyl groups excluding tert-OH is 2. The number of rotatable bonds is 5. The Hall–Kier alpha value is -2.21. The number of benzene rings is 1. The lowest BCUT2D eigenvalue weighted by atomic mass is 10.1. The van der Waals surface area contributed by atoms with Crippen LogP contribution in [0.2, 0.25) is 5.15 Å². The van der Waals surface area contributed by atoms with Crippen molar-refractivity contribution in [2.75, 3.05) is 0 Å². The number of nitrogens with zero attached hydrogens (tertiary/aromatic N) is 2. The second kappa shape index (κ2) is 7.13. The number of aromatic nitrogens is 2. The predicted molar refractivity (Wildman–Crippen MR) is 91.9 cm³/mol. The summed E-state index contributed by atoms with van der Waals surface area (Å²) in [4.78, 5) is 8.57. The summed E-state index contributed by atoms with van der Waals surface area (Å²) in [6.07, 6.45) is 1.54. The zero-order chi connectivity index (χ0) is 17.1. The molecule has 2 aromatic heterocycles. The maximum Gasteiger partial charge on any atom is 0.146 e. The van der Waals surface area contributed by atoms with E-state index in [1.807, 2.05) is 30.3 Å². The van der Waals surface area contributed by atoms with E-state index in [1.165, 1.54) is 6.20 Å². The van der Waals surface area contributed by atoms with Gasteiger partial charge in [0.25, 0.3) is 0 Å². The van der Waals surface area contributed by atoms with Crippen LogP contribution in [-0.2, 0) is 19.8 Å². The number of fused-ring (bicyclic) bond motifs is 1. The Morgan fingerprint density at radius 3 is 2.67 bits per heavy atom. The third kappa shape index (κ3) is 3.19. The molecule has 0 saturated carbocycles. The van der Waals surface area contributed by atoms with Gasteiger partial charge in [0.05, 0.1) is 24.4 Å². The van der Waals surface area contributed by atoms with Gasteiger partial charge in [0.15, 0.2) is 0 Å². The molecule has 5 nitrogen and oxygen atoms in total. The van der Waals surface area contributed by atoms with Gasteiger partial charge >= 0.3 is 0 Å². The number of halogens is 1. The summed E-state index contributed by atoms with van der Waals surface area (Å²) in [5.74, 6) is 0.466. The summed E-state index contributed by atoms with van der Waals surface area (Å²) < 4.78 is 5.86. The van der Waals surface area contributed by atoms with Crippen LogP contribution in [0.1, 0.15) is 22.4 Å². The number of hydrogen-bond donors (Lipinski definition) is 2. The molecule has 2 N–H and O–H groups in total. The highest BCUT2D eigenvalue weighted by Crippen LogP contribution is 2.28. The van der Waals surface area contributed by atoms with Crippen molar-refractivity contribution in [3.05, 3.63) is 64.1 Å². The quantitative estimate of drug-likeness (QED) is 0.695. The van der Waals surface area contributed by atoms with Gasteiger partial charge in [0.1, 0.15) is 17.5 Å². The van der Waals surface area contributed by atoms with E-state index in [-0.39, 0.29) is 19.8 Å². The van der Waals surface area contributed by atoms with Gasteiger partial charge in [-0.15, -0.1) is 0 Å². The lowest BCUT2D eigenvalue weighted by molar-refractivity contribution is 0.242. The van der Waals surface area contributed by atoms with Gasteiger partial charge < -0.3 is 14.9 Å². The van der Waals surface area contributed by atoms with Gasteiger partial charge in [-0.3, -0.25) is 4.98 Å². The molecule has 0 bridgehead atoms. The topological polar surface area (TPSA) is 75.5 Å². The Balaban J connectivity index is 1.92. The van der Waals surface area contributed by atoms with Gasteiger partial charge in [0, 0.05) is 28.3 Å². The van der Waals surface area contributed by atoms with Gasteiger partial charge in [-0.2, -0.15) is 0 Å². The molecule has 0 fully saturated rings. The largest absolute Gasteiger partial charge is 0.486 e. The molecule has 0 atom stereocenters. The van der Waals surface area contributed by atoms with Crippen LogP contribution in [0, 0.1) is 6.92 Å². The first-order chi connectivity index (χ1) is 11.6. The van der Waals surface area contributed by atoms with Crippen molar-refractivity contribution >= 4 is 22.5 Å². The van der Waals surface area contributed by atoms with E-state index in [1.54, 1.807) is 6.92 Å². The van der Waals surface area contributed by atoms with Gasteiger partial charge in [-0.1, -0.05) is 29.8 Å². The maximum atomic E-state index is 9.59. The summed E-state index contributed by atoms with van der Waals surface area (Å²) in [5.41, 5.74) is 3.28. The van der Waals surface area contributed by atoms with Crippen LogP contribution in [0.25, 0.3) is 10.9 Å². The van der Waals surface area contributed by atoms with E-state index in [0.717, 1.165) is 16.5 Å². The van der Waals surface area contributed by atoms with E-state index in [4.69, 9.17) is 16.3 Å². The smallest absolute Gasteiger partial charge is 0.146 e. The minimum Gasteiger partial charge on any atom is -0.486 e. The Labute approximate surface area is 144 Å². The Morgan fingerprint density at radius 1 is 1.12 bits per heavy atom. The molecule has 0 saturated heterocycles. The minimum atomic E-state index is -0.238. The minimum absolute atomic E-state index is 0.196. The van der Waals surface area contributed by atoms with Crippen LogP contribution in [0.5, 0.6) is 5.75 Å². The van der Waals surface area contributed by atoms with Gasteiger partial charge in [0.2, 0.25) is 0 Å². The first-order valence-corrected chi connectivity index (χ1v) is 7.88. The highest BCUT2D eigenvalue weighted by Gasteiger charge is 2.14. The van der Waals surface area contributed by atoms with E-state index in [2.05, 4.69) is 9.97 Å². The van der Waals surface area contributed by atoms with Crippen molar-refractivity contribution in [1.82, 2.24) is 9.97 Å². The summed E-state index contributed by atoms with van der Waals surface area (Å²) in [6.45, 7) is 1.53. The highest BCUT2D eigenvalue weighted by atomic mass is 35.5. The van der Waals surface area contributed by atoms with E-state index in [9.17, 15) is 10.2 Å². The zero-order valence-corrected chi connectivity index (χ0v) is 13.9. The molecule has 24 heavy (non-hydrogen) atoms. The molecule has 0 spiro atoms. The number of pyridine rings is 2. The van der Waals surface area contributed by atoms with E-state index in [0.29, 0.717) is 27.7 Å². The SMILES string of the molecule is Cc1ncc(CO)c(CO)c1OCc1cc2ccccc2nc1Cl. The summed E-state index contributed by atoms with van der Waals surface area (Å²) in [7, 11) is 0. The molecule has 0 aliphatic heterocycles. The van der Waals surface area contributed by atoms with Crippen molar-refractivity contribution in [1.29, 1.82) is 0 Å². The Morgan fingerprint density at radius 2 is 1.92 bits per heavy atom. The summed E-state index contributed by atoms with van der Waals surface area (Å²) in [5, 5.41) is 20.3. The van der Waals surface area contributed by atoms with Crippen LogP contribution < -0.4 is 4.74 Å². The van der Waals surface area contributed by atoms with E-state index < -0.39 is 0 Å². The number of ether oxygens (including phenoxy) is 1. The van der Waals surface area contributed by atoms with E-state index >= 15 is 0 Å². The molecule has 3 aromatic rings. The number of para-hydroxylation sites is 1. The number of aliphatic hydroxyl groups is 2. The molecule has 124 valence electrons.